The number of hydrogen-bond acceptors (Lipinski definition) is 6. The van der Waals surface area contributed by atoms with E-state index in [1.54, 1.807) is 18.0 Å². The van der Waals surface area contributed by atoms with Crippen LogP contribution in [-0.4, -0.2) is 34.5 Å². The first kappa shape index (κ1) is 29.8. The highest BCUT2D eigenvalue weighted by Gasteiger charge is 2.38. The Bertz CT molecular complexity index is 1450. The summed E-state index contributed by atoms with van der Waals surface area (Å²) in [6.07, 6.45) is 0.992. The molecule has 5 rings (SSSR count). The molecule has 3 N–H and O–H groups in total. The fourth-order valence-corrected chi connectivity index (χ4v) is 6.07. The van der Waals surface area contributed by atoms with Gasteiger partial charge in [0, 0.05) is 36.5 Å². The third kappa shape index (κ3) is 7.57. The molecule has 2 heterocycles. The molecule has 2 amide bonds. The molecular weight excluding hydrogens is 546 g/mol. The van der Waals surface area contributed by atoms with Crippen LogP contribution >= 0.6 is 11.8 Å². The first-order valence-corrected chi connectivity index (χ1v) is 15.3. The molecule has 0 spiro atoms. The Balaban J connectivity index is 1.38. The van der Waals surface area contributed by atoms with Gasteiger partial charge in [-0.25, -0.2) is 9.78 Å². The molecule has 218 valence electrons. The zero-order valence-corrected chi connectivity index (χ0v) is 24.7. The van der Waals surface area contributed by atoms with Gasteiger partial charge in [-0.15, -0.1) is 11.8 Å². The molecule has 3 aromatic carbocycles. The van der Waals surface area contributed by atoms with E-state index in [-0.39, 0.29) is 30.8 Å². The number of nitrogens with zero attached hydrogens (tertiary/aromatic N) is 1. The van der Waals surface area contributed by atoms with Crippen molar-refractivity contribution in [2.75, 3.05) is 12.3 Å². The first-order chi connectivity index (χ1) is 20.5. The van der Waals surface area contributed by atoms with Gasteiger partial charge in [0.2, 0.25) is 0 Å². The van der Waals surface area contributed by atoms with Crippen molar-refractivity contribution < 1.29 is 19.4 Å². The van der Waals surface area contributed by atoms with Gasteiger partial charge in [-0.2, -0.15) is 0 Å². The van der Waals surface area contributed by atoms with Crippen molar-refractivity contribution in [1.82, 2.24) is 15.6 Å². The molecule has 1 saturated heterocycles. The van der Waals surface area contributed by atoms with Gasteiger partial charge in [-0.1, -0.05) is 73.7 Å². The van der Waals surface area contributed by atoms with Crippen molar-refractivity contribution >= 4 is 17.8 Å². The summed E-state index contributed by atoms with van der Waals surface area (Å²) in [6, 6.07) is 30.1. The molecule has 0 bridgehead atoms. The van der Waals surface area contributed by atoms with Crippen molar-refractivity contribution in [2.45, 2.75) is 50.5 Å². The fourth-order valence-electron chi connectivity index (χ4n) is 5.04. The summed E-state index contributed by atoms with van der Waals surface area (Å²) in [6.45, 7) is 5.09. The molecule has 8 heteroatoms. The Morgan fingerprint density at radius 2 is 1.67 bits per heavy atom. The lowest BCUT2D eigenvalue weighted by molar-refractivity contribution is -0.268. The SMILES string of the molecule is CCNC(=O)NCc1cccc(-c2cccc([C@H]3O[C@@H](CSc4ccccn4)[C@@H](C)[C@@H](c4ccc(CO)cc4)O3)c2)c1. The molecule has 1 fully saturated rings. The maximum absolute atomic E-state index is 11.9. The maximum Gasteiger partial charge on any atom is 0.315 e. The molecule has 4 aromatic rings. The van der Waals surface area contributed by atoms with Gasteiger partial charge in [0.05, 0.1) is 23.8 Å². The van der Waals surface area contributed by atoms with Crippen molar-refractivity contribution in [3.8, 4) is 11.1 Å². The Labute approximate surface area is 251 Å². The molecule has 0 saturated carbocycles. The van der Waals surface area contributed by atoms with E-state index in [9.17, 15) is 9.90 Å². The van der Waals surface area contributed by atoms with Crippen LogP contribution in [0.4, 0.5) is 4.79 Å². The number of aliphatic hydroxyl groups excluding tert-OH is 1. The van der Waals surface area contributed by atoms with Gasteiger partial charge in [0.25, 0.3) is 0 Å². The first-order valence-electron chi connectivity index (χ1n) is 14.3. The van der Waals surface area contributed by atoms with E-state index in [4.69, 9.17) is 9.47 Å². The highest BCUT2D eigenvalue weighted by molar-refractivity contribution is 7.99. The van der Waals surface area contributed by atoms with Crippen LogP contribution in [0.3, 0.4) is 0 Å². The number of aromatic nitrogens is 1. The molecule has 1 aromatic heterocycles. The number of nitrogens with one attached hydrogen (secondary N) is 2. The number of amides is 2. The third-order valence-electron chi connectivity index (χ3n) is 7.37. The number of ether oxygens (including phenoxy) is 2. The quantitative estimate of drug-likeness (QED) is 0.181. The second-order valence-electron chi connectivity index (χ2n) is 10.3. The van der Waals surface area contributed by atoms with Crippen LogP contribution in [0.1, 0.15) is 48.5 Å². The minimum Gasteiger partial charge on any atom is -0.392 e. The summed E-state index contributed by atoms with van der Waals surface area (Å²) in [5.41, 5.74) is 5.98. The van der Waals surface area contributed by atoms with Gasteiger partial charge in [0.15, 0.2) is 6.29 Å². The van der Waals surface area contributed by atoms with Crippen LogP contribution in [-0.2, 0) is 22.6 Å². The van der Waals surface area contributed by atoms with Gasteiger partial charge in [-0.3, -0.25) is 0 Å². The van der Waals surface area contributed by atoms with Crippen LogP contribution in [0.15, 0.2) is 102 Å². The highest BCUT2D eigenvalue weighted by Crippen LogP contribution is 2.43. The number of benzene rings is 3. The smallest absolute Gasteiger partial charge is 0.315 e. The van der Waals surface area contributed by atoms with Crippen LogP contribution in [0.25, 0.3) is 11.1 Å². The predicted octanol–water partition coefficient (Wildman–Crippen LogP) is 6.64. The van der Waals surface area contributed by atoms with Crippen molar-refractivity contribution in [3.05, 3.63) is 119 Å². The number of aliphatic hydroxyl groups is 1. The van der Waals surface area contributed by atoms with Crippen LogP contribution in [0.5, 0.6) is 0 Å². The Kier molecular flexibility index (Phi) is 10.3. The summed E-state index contributed by atoms with van der Waals surface area (Å²) in [5.74, 6) is 0.832. The molecule has 0 radical (unpaired) electrons. The molecule has 7 nitrogen and oxygen atoms in total. The Hall–Kier alpha value is -3.69. The zero-order valence-electron chi connectivity index (χ0n) is 23.9. The van der Waals surface area contributed by atoms with E-state index in [1.165, 1.54) is 0 Å². The lowest BCUT2D eigenvalue weighted by atomic mass is 9.91. The number of hydrogen-bond donors (Lipinski definition) is 3. The van der Waals surface area contributed by atoms with E-state index >= 15 is 0 Å². The summed E-state index contributed by atoms with van der Waals surface area (Å²) in [4.78, 5) is 16.3. The molecule has 42 heavy (non-hydrogen) atoms. The fraction of sp³-hybridized carbons (Fsp3) is 0.294. The van der Waals surface area contributed by atoms with E-state index in [2.05, 4.69) is 46.8 Å². The lowest BCUT2D eigenvalue weighted by Crippen LogP contribution is -2.38. The maximum atomic E-state index is 11.9. The van der Waals surface area contributed by atoms with Gasteiger partial charge in [0.1, 0.15) is 0 Å². The van der Waals surface area contributed by atoms with E-state index in [0.717, 1.165) is 44.2 Å². The molecule has 1 aliphatic heterocycles. The largest absolute Gasteiger partial charge is 0.392 e. The second-order valence-corrected chi connectivity index (χ2v) is 11.4. The minimum atomic E-state index is -0.555. The molecular formula is C34H37N3O4S. The average molecular weight is 584 g/mol. The number of pyridine rings is 1. The van der Waals surface area contributed by atoms with Crippen LogP contribution < -0.4 is 10.6 Å². The molecule has 1 aliphatic rings. The highest BCUT2D eigenvalue weighted by atomic mass is 32.2. The second kappa shape index (κ2) is 14.5. The summed E-state index contributed by atoms with van der Waals surface area (Å²) >= 11 is 1.68. The number of rotatable bonds is 10. The van der Waals surface area contributed by atoms with Gasteiger partial charge in [-0.05, 0) is 59.0 Å². The summed E-state index contributed by atoms with van der Waals surface area (Å²) in [5, 5.41) is 16.1. The van der Waals surface area contributed by atoms with Crippen molar-refractivity contribution in [3.63, 3.8) is 0 Å². The van der Waals surface area contributed by atoms with E-state index < -0.39 is 6.29 Å². The molecule has 0 unspecified atom stereocenters. The van der Waals surface area contributed by atoms with Gasteiger partial charge < -0.3 is 25.2 Å². The standard InChI is InChI=1S/C34H37N3O4S/c1-3-35-34(39)37-20-25-8-6-9-27(18-25)28-10-7-11-29(19-28)33-40-30(22-42-31-12-4-5-17-36-31)23(2)32(41-33)26-15-13-24(21-38)14-16-26/h4-19,23,30,32-33,38H,3,20-22H2,1-2H3,(H2,35,37,39)/t23-,30+,32+,33+/m1/s1. The average Bonchev–Trinajstić information content (AvgIpc) is 3.04. The summed E-state index contributed by atoms with van der Waals surface area (Å²) < 4.78 is 13.3. The number of thioether (sulfide) groups is 1. The monoisotopic (exact) mass is 583 g/mol. The third-order valence-corrected chi connectivity index (χ3v) is 8.40. The van der Waals surface area contributed by atoms with Gasteiger partial charge >= 0.3 is 6.03 Å². The number of carbonyl (C=O) groups excluding carboxylic acids is 1. The Morgan fingerprint density at radius 3 is 2.40 bits per heavy atom. The Morgan fingerprint density at radius 1 is 0.881 bits per heavy atom. The number of urea groups is 1. The number of carbonyl (C=O) groups is 1. The van der Waals surface area contributed by atoms with Crippen molar-refractivity contribution in [1.29, 1.82) is 0 Å². The normalized spacial score (nSPS) is 20.2. The topological polar surface area (TPSA) is 92.7 Å². The summed E-state index contributed by atoms with van der Waals surface area (Å²) in [7, 11) is 0. The minimum absolute atomic E-state index is 0.00637. The predicted molar refractivity (Wildman–Crippen MR) is 166 cm³/mol. The van der Waals surface area contributed by atoms with E-state index in [0.29, 0.717) is 13.1 Å². The molecule has 4 atom stereocenters. The van der Waals surface area contributed by atoms with Crippen LogP contribution in [0.2, 0.25) is 0 Å². The van der Waals surface area contributed by atoms with Crippen molar-refractivity contribution in [2.24, 2.45) is 5.92 Å². The molecule has 0 aliphatic carbocycles. The van der Waals surface area contributed by atoms with Crippen LogP contribution in [0, 0.1) is 5.92 Å². The van der Waals surface area contributed by atoms with E-state index in [1.807, 2.05) is 73.7 Å². The zero-order chi connectivity index (χ0) is 29.3. The lowest BCUT2D eigenvalue weighted by Gasteiger charge is -2.41.